The zero-order valence-electron chi connectivity index (χ0n) is 38.1. The van der Waals surface area contributed by atoms with Gasteiger partial charge in [-0.25, -0.2) is 4.98 Å². The second kappa shape index (κ2) is 15.8. The Balaban J connectivity index is 1.51. The molecule has 61 heavy (non-hydrogen) atoms. The van der Waals surface area contributed by atoms with E-state index < -0.39 is 0 Å². The maximum atomic E-state index is 12.6. The van der Waals surface area contributed by atoms with Crippen molar-refractivity contribution in [2.75, 3.05) is 0 Å². The summed E-state index contributed by atoms with van der Waals surface area (Å²) in [4.78, 5) is 10.7. The number of aromatic hydroxyl groups is 1. The molecule has 0 aliphatic carbocycles. The number of hydrogen-bond acceptors (Lipinski definition) is 3. The van der Waals surface area contributed by atoms with Crippen molar-refractivity contribution in [2.24, 2.45) is 0 Å². The number of fused-ring (bicyclic) bond motifs is 2. The third-order valence-electron chi connectivity index (χ3n) is 12.3. The summed E-state index contributed by atoms with van der Waals surface area (Å²) in [6.45, 7) is 26.9. The minimum absolute atomic E-state index is 0.169. The number of nitrogens with zero attached hydrogens (tertiary/aromatic N) is 3. The Bertz CT molecular complexity index is 2880. The quantitative estimate of drug-likeness (QED) is 0.166. The second-order valence-corrected chi connectivity index (χ2v) is 19.9. The molecule has 4 heteroatoms. The maximum Gasteiger partial charge on any atom is 0.149 e. The van der Waals surface area contributed by atoms with Gasteiger partial charge in [0.25, 0.3) is 0 Å². The van der Waals surface area contributed by atoms with Crippen molar-refractivity contribution in [3.8, 4) is 56.3 Å². The van der Waals surface area contributed by atoms with Gasteiger partial charge in [0.05, 0.1) is 28.0 Å². The number of para-hydroxylation sites is 1. The fourth-order valence-corrected chi connectivity index (χ4v) is 8.79. The van der Waals surface area contributed by atoms with Gasteiger partial charge in [0.2, 0.25) is 0 Å². The Morgan fingerprint density at radius 1 is 0.557 bits per heavy atom. The fourth-order valence-electron chi connectivity index (χ4n) is 8.79. The lowest BCUT2D eigenvalue weighted by molar-refractivity contribution is 0.446. The first-order valence-corrected chi connectivity index (χ1v) is 22.0. The standard InChI is InChI=1S/C57H61N3O/c1-34(2)39-27-41(29-42(28-39)51-44-22-17-16-21-38(44)25-26-58-51)45-23-18-24-50-52(45)59-55(48-32-43(56(7,8)9)33-49(54(48)61)57(10,11)12)60(50)53-46(35(3)4)30-40(31-47(53)36(5)6)37-19-14-13-15-20-37/h13-36,61H,1-12H3. The molecule has 8 rings (SSSR count). The van der Waals surface area contributed by atoms with Gasteiger partial charge in [0, 0.05) is 28.3 Å². The average Bonchev–Trinajstić information content (AvgIpc) is 3.61. The van der Waals surface area contributed by atoms with Crippen LogP contribution in [-0.4, -0.2) is 19.6 Å². The third-order valence-corrected chi connectivity index (χ3v) is 12.3. The topological polar surface area (TPSA) is 50.9 Å². The predicted molar refractivity (Wildman–Crippen MR) is 259 cm³/mol. The number of imidazole rings is 1. The van der Waals surface area contributed by atoms with Crippen LogP contribution in [0.25, 0.3) is 72.4 Å². The molecule has 0 unspecified atom stereocenters. The highest BCUT2D eigenvalue weighted by atomic mass is 16.3. The summed E-state index contributed by atoms with van der Waals surface area (Å²) in [5, 5.41) is 14.9. The lowest BCUT2D eigenvalue weighted by Crippen LogP contribution is -2.17. The molecule has 0 spiro atoms. The monoisotopic (exact) mass is 803 g/mol. The molecule has 310 valence electrons. The molecule has 0 aliphatic rings. The van der Waals surface area contributed by atoms with E-state index in [9.17, 15) is 5.11 Å². The van der Waals surface area contributed by atoms with E-state index in [2.05, 4.69) is 209 Å². The zero-order chi connectivity index (χ0) is 43.5. The van der Waals surface area contributed by atoms with Crippen LogP contribution >= 0.6 is 0 Å². The number of benzene rings is 6. The summed E-state index contributed by atoms with van der Waals surface area (Å²) in [5.74, 6) is 1.70. The number of hydrogen-bond donors (Lipinski definition) is 1. The number of phenols is 1. The summed E-state index contributed by atoms with van der Waals surface area (Å²) >= 11 is 0. The summed E-state index contributed by atoms with van der Waals surface area (Å²) in [5.41, 5.74) is 15.7. The van der Waals surface area contributed by atoms with E-state index in [1.807, 2.05) is 6.20 Å². The number of pyridine rings is 1. The van der Waals surface area contributed by atoms with Crippen molar-refractivity contribution < 1.29 is 5.11 Å². The van der Waals surface area contributed by atoms with Crippen molar-refractivity contribution in [3.05, 3.63) is 155 Å². The molecular formula is C57H61N3O. The molecule has 6 aromatic carbocycles. The molecule has 4 nitrogen and oxygen atoms in total. The van der Waals surface area contributed by atoms with Crippen LogP contribution in [0.1, 0.15) is 129 Å². The lowest BCUT2D eigenvalue weighted by atomic mass is 9.78. The Hall–Kier alpha value is -6.00. The normalized spacial score (nSPS) is 12.4. The molecule has 2 aromatic heterocycles. The highest BCUT2D eigenvalue weighted by molar-refractivity contribution is 5.99. The number of aromatic nitrogens is 3. The SMILES string of the molecule is CC(C)c1cc(-c2nccc3ccccc23)cc(-c2cccc3c2nc(-c2cc(C(C)(C)C)cc(C(C)(C)C)c2O)n3-c2c(C(C)C)cc(-c3ccccc3)cc2C(C)C)c1. The van der Waals surface area contributed by atoms with Gasteiger partial charge in [0.1, 0.15) is 11.6 Å². The minimum Gasteiger partial charge on any atom is -0.507 e. The first kappa shape index (κ1) is 41.7. The average molecular weight is 804 g/mol. The maximum absolute atomic E-state index is 12.6. The summed E-state index contributed by atoms with van der Waals surface area (Å²) < 4.78 is 2.38. The van der Waals surface area contributed by atoms with Crippen LogP contribution in [0, 0.1) is 0 Å². The molecule has 0 fully saturated rings. The predicted octanol–water partition coefficient (Wildman–Crippen LogP) is 15.9. The van der Waals surface area contributed by atoms with E-state index in [1.165, 1.54) is 33.2 Å². The van der Waals surface area contributed by atoms with E-state index in [-0.39, 0.29) is 28.4 Å². The van der Waals surface area contributed by atoms with Crippen LogP contribution in [0.4, 0.5) is 0 Å². The Morgan fingerprint density at radius 2 is 1.21 bits per heavy atom. The van der Waals surface area contributed by atoms with Gasteiger partial charge in [-0.1, -0.05) is 162 Å². The van der Waals surface area contributed by atoms with Gasteiger partial charge in [-0.2, -0.15) is 0 Å². The van der Waals surface area contributed by atoms with E-state index in [1.54, 1.807) is 0 Å². The van der Waals surface area contributed by atoms with Gasteiger partial charge in [-0.05, 0) is 115 Å². The summed E-state index contributed by atoms with van der Waals surface area (Å²) in [6, 6.07) is 43.9. The molecule has 8 aromatic rings. The molecule has 0 aliphatic heterocycles. The van der Waals surface area contributed by atoms with Crippen LogP contribution in [0.5, 0.6) is 5.75 Å². The van der Waals surface area contributed by atoms with Gasteiger partial charge in [-0.15, -0.1) is 0 Å². The molecular weight excluding hydrogens is 743 g/mol. The van der Waals surface area contributed by atoms with E-state index >= 15 is 0 Å². The van der Waals surface area contributed by atoms with Gasteiger partial charge < -0.3 is 5.11 Å². The van der Waals surface area contributed by atoms with Crippen LogP contribution in [0.15, 0.2) is 128 Å². The smallest absolute Gasteiger partial charge is 0.149 e. The second-order valence-electron chi connectivity index (χ2n) is 19.9. The molecule has 0 radical (unpaired) electrons. The van der Waals surface area contributed by atoms with Gasteiger partial charge >= 0.3 is 0 Å². The van der Waals surface area contributed by atoms with Crippen molar-refractivity contribution in [1.29, 1.82) is 0 Å². The van der Waals surface area contributed by atoms with E-state index in [4.69, 9.17) is 9.97 Å². The van der Waals surface area contributed by atoms with Crippen molar-refractivity contribution in [1.82, 2.24) is 14.5 Å². The van der Waals surface area contributed by atoms with Crippen LogP contribution < -0.4 is 0 Å². The highest BCUT2D eigenvalue weighted by Crippen LogP contribution is 2.47. The van der Waals surface area contributed by atoms with Crippen molar-refractivity contribution in [2.45, 2.75) is 112 Å². The van der Waals surface area contributed by atoms with E-state index in [0.717, 1.165) is 67.0 Å². The number of phenolic OH excluding ortho intramolecular Hbond substituents is 1. The summed E-state index contributed by atoms with van der Waals surface area (Å²) in [6.07, 6.45) is 1.92. The third kappa shape index (κ3) is 7.78. The molecule has 0 saturated carbocycles. The van der Waals surface area contributed by atoms with Crippen LogP contribution in [0.3, 0.4) is 0 Å². The summed E-state index contributed by atoms with van der Waals surface area (Å²) in [7, 11) is 0. The molecule has 1 N–H and O–H groups in total. The lowest BCUT2D eigenvalue weighted by Gasteiger charge is -2.28. The van der Waals surface area contributed by atoms with Gasteiger partial charge in [0.15, 0.2) is 0 Å². The Labute approximate surface area is 363 Å². The van der Waals surface area contributed by atoms with Crippen molar-refractivity contribution in [3.63, 3.8) is 0 Å². The fraction of sp³-hybridized carbons (Fsp3) is 0.298. The molecule has 0 saturated heterocycles. The van der Waals surface area contributed by atoms with E-state index in [0.29, 0.717) is 5.92 Å². The van der Waals surface area contributed by atoms with Crippen molar-refractivity contribution >= 4 is 21.8 Å². The molecule has 0 atom stereocenters. The molecule has 2 heterocycles. The van der Waals surface area contributed by atoms with Gasteiger partial charge in [-0.3, -0.25) is 9.55 Å². The molecule has 0 bridgehead atoms. The first-order valence-electron chi connectivity index (χ1n) is 22.0. The largest absolute Gasteiger partial charge is 0.507 e. The Morgan fingerprint density at radius 3 is 1.85 bits per heavy atom. The Kier molecular flexibility index (Phi) is 10.8. The molecule has 0 amide bonds. The first-order chi connectivity index (χ1) is 28.9. The van der Waals surface area contributed by atoms with Crippen LogP contribution in [-0.2, 0) is 10.8 Å². The zero-order valence-corrected chi connectivity index (χ0v) is 38.1. The highest BCUT2D eigenvalue weighted by Gasteiger charge is 2.30. The van der Waals surface area contributed by atoms with Crippen LogP contribution in [0.2, 0.25) is 0 Å². The minimum atomic E-state index is -0.311. The number of rotatable bonds is 8.